The summed E-state index contributed by atoms with van der Waals surface area (Å²) in [7, 11) is 0. The summed E-state index contributed by atoms with van der Waals surface area (Å²) in [5, 5.41) is 8.25. The van der Waals surface area contributed by atoms with Crippen LogP contribution in [0.3, 0.4) is 0 Å². The van der Waals surface area contributed by atoms with E-state index in [9.17, 15) is 18.8 Å². The van der Waals surface area contributed by atoms with Crippen LogP contribution in [0, 0.1) is 5.82 Å². The van der Waals surface area contributed by atoms with Crippen molar-refractivity contribution in [2.75, 3.05) is 6.54 Å². The summed E-state index contributed by atoms with van der Waals surface area (Å²) in [4.78, 5) is 48.5. The molecule has 202 valence electrons. The number of aromatic nitrogens is 2. The largest absolute Gasteiger partial charge is 0.345 e. The summed E-state index contributed by atoms with van der Waals surface area (Å²) >= 11 is 0. The fraction of sp³-hybridized carbons (Fsp3) is 0.429. The molecule has 1 aliphatic rings. The van der Waals surface area contributed by atoms with Gasteiger partial charge < -0.3 is 25.8 Å². The van der Waals surface area contributed by atoms with Crippen molar-refractivity contribution in [1.82, 2.24) is 30.8 Å². The maximum Gasteiger partial charge on any atom is 0.315 e. The molecule has 9 nitrogen and oxygen atoms in total. The lowest BCUT2D eigenvalue weighted by atomic mass is 9.99. The molecule has 0 radical (unpaired) electrons. The number of nitrogens with zero attached hydrogens (tertiary/aromatic N) is 2. The van der Waals surface area contributed by atoms with Crippen molar-refractivity contribution in [3.05, 3.63) is 65.7 Å². The van der Waals surface area contributed by atoms with E-state index in [1.807, 2.05) is 42.2 Å². The molecule has 0 saturated carbocycles. The third-order valence-corrected chi connectivity index (χ3v) is 6.97. The number of fused-ring (bicyclic) bond motifs is 1. The fourth-order valence-electron chi connectivity index (χ4n) is 4.85. The van der Waals surface area contributed by atoms with Gasteiger partial charge in [-0.3, -0.25) is 9.59 Å². The number of carbonyl (C=O) groups excluding carboxylic acids is 3. The number of rotatable bonds is 9. The molecule has 4 N–H and O–H groups in total. The molecule has 1 aliphatic heterocycles. The molecule has 10 heteroatoms. The molecular weight excluding hydrogens is 487 g/mol. The van der Waals surface area contributed by atoms with Gasteiger partial charge in [-0.25, -0.2) is 14.2 Å². The first kappa shape index (κ1) is 27.1. The standard InChI is InChI=1S/C28H35FN6O3/c1-3-20-12-7-8-15-35(20)24(36)16-23(33-28(38)30-17-19-10-5-4-6-11-19)27(37)31-18(2)26-32-22-14-9-13-21(29)25(22)34-26/h4-6,9-11,13-14,18,20,23H,3,7-8,12,15-17H2,1-2H3,(H,31,37)(H,32,34)(H2,30,33,38)/t18-,20-,23-/m0/s1. The second kappa shape index (κ2) is 12.5. The minimum atomic E-state index is -1.10. The summed E-state index contributed by atoms with van der Waals surface area (Å²) in [6.45, 7) is 4.68. The third kappa shape index (κ3) is 6.67. The van der Waals surface area contributed by atoms with Crippen molar-refractivity contribution in [3.63, 3.8) is 0 Å². The molecule has 1 aromatic heterocycles. The highest BCUT2D eigenvalue weighted by molar-refractivity contribution is 5.92. The summed E-state index contributed by atoms with van der Waals surface area (Å²) in [5.41, 5.74) is 1.61. The van der Waals surface area contributed by atoms with Gasteiger partial charge in [0.1, 0.15) is 17.4 Å². The van der Waals surface area contributed by atoms with Crippen LogP contribution in [0.25, 0.3) is 11.0 Å². The Labute approximate surface area is 221 Å². The number of hydrogen-bond acceptors (Lipinski definition) is 4. The Morgan fingerprint density at radius 3 is 2.63 bits per heavy atom. The summed E-state index contributed by atoms with van der Waals surface area (Å²) in [6.07, 6.45) is 3.60. The lowest BCUT2D eigenvalue weighted by Gasteiger charge is -2.36. The number of nitrogens with one attached hydrogen (secondary N) is 4. The molecule has 3 aromatic rings. The van der Waals surface area contributed by atoms with Crippen molar-refractivity contribution >= 4 is 28.9 Å². The van der Waals surface area contributed by atoms with Crippen LogP contribution in [0.2, 0.25) is 0 Å². The second-order valence-corrected chi connectivity index (χ2v) is 9.70. The average molecular weight is 523 g/mol. The zero-order valence-electron chi connectivity index (χ0n) is 21.8. The van der Waals surface area contributed by atoms with E-state index in [1.54, 1.807) is 19.1 Å². The molecular formula is C28H35FN6O3. The minimum Gasteiger partial charge on any atom is -0.345 e. The Hall–Kier alpha value is -3.95. The fourth-order valence-corrected chi connectivity index (χ4v) is 4.85. The zero-order chi connectivity index (χ0) is 27.1. The molecule has 4 rings (SSSR count). The highest BCUT2D eigenvalue weighted by Crippen LogP contribution is 2.21. The number of halogens is 1. The number of imidazole rings is 1. The number of hydrogen-bond donors (Lipinski definition) is 4. The SMILES string of the molecule is CC[C@H]1CCCCN1C(=O)C[C@H](NC(=O)NCc1ccccc1)C(=O)N[C@@H](C)c1nc2c(F)cccc2[nH]1. The van der Waals surface area contributed by atoms with Crippen LogP contribution in [-0.4, -0.2) is 51.3 Å². The Balaban J connectivity index is 1.46. The van der Waals surface area contributed by atoms with Gasteiger partial charge in [0, 0.05) is 19.1 Å². The molecule has 3 atom stereocenters. The molecule has 38 heavy (non-hydrogen) atoms. The van der Waals surface area contributed by atoms with Gasteiger partial charge in [-0.15, -0.1) is 0 Å². The van der Waals surface area contributed by atoms with E-state index < -0.39 is 29.8 Å². The predicted octanol–water partition coefficient (Wildman–Crippen LogP) is 3.93. The zero-order valence-corrected chi connectivity index (χ0v) is 21.8. The van der Waals surface area contributed by atoms with E-state index in [4.69, 9.17) is 0 Å². The van der Waals surface area contributed by atoms with Crippen LogP contribution in [0.5, 0.6) is 0 Å². The van der Waals surface area contributed by atoms with Crippen molar-refractivity contribution in [2.24, 2.45) is 0 Å². The van der Waals surface area contributed by atoms with Gasteiger partial charge in [-0.1, -0.05) is 43.3 Å². The Kier molecular flexibility index (Phi) is 8.93. The van der Waals surface area contributed by atoms with Gasteiger partial charge in [-0.05, 0) is 50.3 Å². The molecule has 0 bridgehead atoms. The maximum absolute atomic E-state index is 14.1. The van der Waals surface area contributed by atoms with Crippen LogP contribution in [0.1, 0.15) is 63.4 Å². The number of benzene rings is 2. The first-order chi connectivity index (χ1) is 18.4. The Morgan fingerprint density at radius 2 is 1.89 bits per heavy atom. The highest BCUT2D eigenvalue weighted by Gasteiger charge is 2.31. The van der Waals surface area contributed by atoms with Crippen molar-refractivity contribution in [3.8, 4) is 0 Å². The smallest absolute Gasteiger partial charge is 0.315 e. The third-order valence-electron chi connectivity index (χ3n) is 6.97. The van der Waals surface area contributed by atoms with E-state index in [1.165, 1.54) is 6.07 Å². The van der Waals surface area contributed by atoms with Crippen molar-refractivity contribution < 1.29 is 18.8 Å². The van der Waals surface area contributed by atoms with Crippen LogP contribution in [0.4, 0.5) is 9.18 Å². The molecule has 2 heterocycles. The number of carbonyl (C=O) groups is 3. The molecule has 1 fully saturated rings. The number of para-hydroxylation sites is 1. The van der Waals surface area contributed by atoms with Crippen LogP contribution >= 0.6 is 0 Å². The predicted molar refractivity (Wildman–Crippen MR) is 142 cm³/mol. The summed E-state index contributed by atoms with van der Waals surface area (Å²) < 4.78 is 14.1. The molecule has 4 amide bonds. The first-order valence-corrected chi connectivity index (χ1v) is 13.2. The topological polar surface area (TPSA) is 119 Å². The number of amides is 4. The second-order valence-electron chi connectivity index (χ2n) is 9.70. The van der Waals surface area contributed by atoms with E-state index in [-0.39, 0.29) is 30.4 Å². The Bertz CT molecular complexity index is 1260. The highest BCUT2D eigenvalue weighted by atomic mass is 19.1. The molecule has 2 aromatic carbocycles. The van der Waals surface area contributed by atoms with Gasteiger partial charge in [0.05, 0.1) is 18.0 Å². The van der Waals surface area contributed by atoms with Gasteiger partial charge in [0.25, 0.3) is 0 Å². The number of H-pyrrole nitrogens is 1. The maximum atomic E-state index is 14.1. The van der Waals surface area contributed by atoms with Gasteiger partial charge in [0.15, 0.2) is 5.82 Å². The van der Waals surface area contributed by atoms with Crippen LogP contribution < -0.4 is 16.0 Å². The number of urea groups is 1. The minimum absolute atomic E-state index is 0.135. The van der Waals surface area contributed by atoms with Gasteiger partial charge >= 0.3 is 6.03 Å². The summed E-state index contributed by atoms with van der Waals surface area (Å²) in [6, 6.07) is 11.9. The molecule has 1 saturated heterocycles. The average Bonchev–Trinajstić information content (AvgIpc) is 3.38. The monoisotopic (exact) mass is 522 g/mol. The first-order valence-electron chi connectivity index (χ1n) is 13.2. The van der Waals surface area contributed by atoms with E-state index >= 15 is 0 Å². The lowest BCUT2D eigenvalue weighted by Crippen LogP contribution is -2.53. The van der Waals surface area contributed by atoms with Gasteiger partial charge in [-0.2, -0.15) is 0 Å². The normalized spacial score (nSPS) is 17.0. The van der Waals surface area contributed by atoms with Gasteiger partial charge in [0.2, 0.25) is 11.8 Å². The van der Waals surface area contributed by atoms with Crippen molar-refractivity contribution in [1.29, 1.82) is 0 Å². The van der Waals surface area contributed by atoms with E-state index in [0.29, 0.717) is 17.9 Å². The summed E-state index contributed by atoms with van der Waals surface area (Å²) in [5.74, 6) is -0.778. The number of piperidine rings is 1. The van der Waals surface area contributed by atoms with E-state index in [2.05, 4.69) is 25.9 Å². The van der Waals surface area contributed by atoms with Crippen molar-refractivity contribution in [2.45, 2.75) is 70.6 Å². The molecule has 0 spiro atoms. The molecule has 0 aliphatic carbocycles. The number of aromatic amines is 1. The van der Waals surface area contributed by atoms with Crippen LogP contribution in [-0.2, 0) is 16.1 Å². The number of likely N-dealkylation sites (tertiary alicyclic amines) is 1. The van der Waals surface area contributed by atoms with E-state index in [0.717, 1.165) is 31.2 Å². The Morgan fingerprint density at radius 1 is 1.11 bits per heavy atom. The van der Waals surface area contributed by atoms with Crippen LogP contribution in [0.15, 0.2) is 48.5 Å². The molecule has 0 unspecified atom stereocenters. The lowest BCUT2D eigenvalue weighted by molar-refractivity contribution is -0.138. The quantitative estimate of drug-likeness (QED) is 0.340.